The molecule has 4 rings (SSSR count). The number of fused-ring (bicyclic) bond motifs is 1. The molecule has 2 aromatic heterocycles. The number of carbonyl (C=O) groups excluding carboxylic acids is 6. The van der Waals surface area contributed by atoms with Crippen molar-refractivity contribution >= 4 is 61.0 Å². The fourth-order valence-corrected chi connectivity index (χ4v) is 9.43. The van der Waals surface area contributed by atoms with Crippen molar-refractivity contribution in [2.45, 2.75) is 150 Å². The third-order valence-electron chi connectivity index (χ3n) is 11.2. The lowest BCUT2D eigenvalue weighted by atomic mass is 10.1. The van der Waals surface area contributed by atoms with Crippen LogP contribution < -0.4 is 26.4 Å². The highest BCUT2D eigenvalue weighted by molar-refractivity contribution is 7.44. The highest BCUT2D eigenvalue weighted by Crippen LogP contribution is 2.49. The van der Waals surface area contributed by atoms with Crippen molar-refractivity contribution in [1.29, 1.82) is 0 Å². The number of hydrogen-bond acceptors (Lipinski definition) is 17. The van der Waals surface area contributed by atoms with Crippen LogP contribution in [0.25, 0.3) is 16.0 Å². The van der Waals surface area contributed by atoms with Crippen molar-refractivity contribution in [3.63, 3.8) is 0 Å². The Kier molecular flexibility index (Phi) is 25.8. The summed E-state index contributed by atoms with van der Waals surface area (Å²) in [5, 5.41) is 8.92. The average Bonchev–Trinajstić information content (AvgIpc) is 3.82. The summed E-state index contributed by atoms with van der Waals surface area (Å²) in [6.07, 6.45) is 4.35. The molecular weight excluding hydrogens is 964 g/mol. The van der Waals surface area contributed by atoms with E-state index in [0.29, 0.717) is 107 Å². The fraction of sp³-hybridized carbons (Fsp3) is 0.640. The number of nitrogens with zero attached hydrogens (tertiary/aromatic N) is 6. The number of rotatable bonds is 32. The molecule has 1 saturated heterocycles. The van der Waals surface area contributed by atoms with Gasteiger partial charge >= 0.3 is 6.15 Å². The van der Waals surface area contributed by atoms with E-state index < -0.39 is 14.1 Å². The number of hydrogen-bond donors (Lipinski definition) is 4. The van der Waals surface area contributed by atoms with E-state index in [9.17, 15) is 24.0 Å². The van der Waals surface area contributed by atoms with Crippen LogP contribution in [0, 0.1) is 12.5 Å². The number of aromatic nitrogens is 4. The van der Waals surface area contributed by atoms with Gasteiger partial charge in [-0.25, -0.2) is 21.2 Å². The van der Waals surface area contributed by atoms with Gasteiger partial charge in [-0.3, -0.25) is 29.0 Å². The summed E-state index contributed by atoms with van der Waals surface area (Å²) in [6, 6.07) is 6.71. The van der Waals surface area contributed by atoms with Gasteiger partial charge in [-0.15, -0.1) is 0 Å². The minimum atomic E-state index is -1.41. The van der Waals surface area contributed by atoms with E-state index in [2.05, 4.69) is 73.1 Å². The van der Waals surface area contributed by atoms with Crippen molar-refractivity contribution in [2.75, 3.05) is 62.9 Å². The highest BCUT2D eigenvalue weighted by Gasteiger charge is 2.40. The maximum atomic E-state index is 13.0. The van der Waals surface area contributed by atoms with Crippen molar-refractivity contribution in [3.8, 4) is 0 Å². The maximum Gasteiger partial charge on any atom is 0.373 e. The van der Waals surface area contributed by atoms with Gasteiger partial charge in [0.2, 0.25) is 24.3 Å². The number of Topliss-reactive ketones (excluding diaryl/α,β-unsaturated/α-hetero) is 1. The molecule has 1 aliphatic heterocycles. The van der Waals surface area contributed by atoms with Crippen LogP contribution in [0.1, 0.15) is 134 Å². The van der Waals surface area contributed by atoms with Crippen LogP contribution in [0.15, 0.2) is 35.3 Å². The Morgan fingerprint density at radius 1 is 1.00 bits per heavy atom. The zero-order valence-electron chi connectivity index (χ0n) is 49.8. The van der Waals surface area contributed by atoms with Crippen LogP contribution in [0.3, 0.4) is 0 Å². The zero-order valence-corrected chi connectivity index (χ0v) is 44.7. The van der Waals surface area contributed by atoms with Crippen LogP contribution >= 0.6 is 8.53 Å². The summed E-state index contributed by atoms with van der Waals surface area (Å²) in [4.78, 5) is 101. The van der Waals surface area contributed by atoms with Crippen LogP contribution in [0.2, 0.25) is 0 Å². The fourth-order valence-electron chi connectivity index (χ4n) is 7.68. The van der Waals surface area contributed by atoms with Gasteiger partial charge < -0.3 is 49.0 Å². The standard InChI is InChI=1S/C49H75N10O10P.CO2.4H2/c1-11-42-43(69-70(67-24-20-50-10)59(33(4)5)34(6)7)27-41(68-42)28-44(62)51-21-23-66-26-25-65-22-12-13-40(61)19-14-35(8)54-47(63)37-15-17-39(18-16-37)58(36(9)60)31-38-30-52-46-45(55-38)48(64)57-49(56-46)53-29-32(2)3;2-1-3;;;;/h15-18,30,32-35,41-43H,11-14,19-29,31H2,1-9H3,(H,51,62)(H,54,63)(H2,52,53,56,57,64);;4*1H/t35-,41+,42-,43?,70?;;;;;/m1...../s1/i;;3*1+2T;1+2. The summed E-state index contributed by atoms with van der Waals surface area (Å²) in [5.41, 5.74) is 1.13. The van der Waals surface area contributed by atoms with Crippen molar-refractivity contribution in [2.24, 2.45) is 5.92 Å². The minimum absolute atomic E-state index is 0. The van der Waals surface area contributed by atoms with Gasteiger partial charge in [0.25, 0.3) is 20.0 Å². The number of carbonyl (C=O) groups is 4. The Labute approximate surface area is 440 Å². The molecule has 22 nitrogen and oxygen atoms in total. The number of ether oxygens (including phenoxy) is 3. The molecule has 3 aromatic rings. The maximum absolute atomic E-state index is 13.0. The summed E-state index contributed by atoms with van der Waals surface area (Å²) in [6.45, 7) is 27.9. The smallest absolute Gasteiger partial charge is 0.373 e. The number of benzene rings is 1. The van der Waals surface area contributed by atoms with Gasteiger partial charge in [0.15, 0.2) is 11.2 Å². The second-order valence-electron chi connectivity index (χ2n) is 18.4. The van der Waals surface area contributed by atoms with E-state index in [0.717, 1.165) is 6.42 Å². The summed E-state index contributed by atoms with van der Waals surface area (Å²) in [5.74, 6) is 0.0525. The molecule has 1 aliphatic rings. The number of aromatic amines is 1. The number of nitrogens with one attached hydrogen (secondary N) is 4. The molecule has 3 amide bonds. The molecule has 0 bridgehead atoms. The number of ketones is 1. The predicted molar refractivity (Wildman–Crippen MR) is 283 cm³/mol. The molecule has 3 heterocycles. The van der Waals surface area contributed by atoms with Crippen molar-refractivity contribution in [3.05, 3.63) is 63.5 Å². The Morgan fingerprint density at radius 2 is 1.68 bits per heavy atom. The molecule has 0 radical (unpaired) electrons. The molecule has 23 heteroatoms. The molecule has 410 valence electrons. The molecule has 0 spiro atoms. The van der Waals surface area contributed by atoms with Gasteiger partial charge in [-0.2, -0.15) is 14.6 Å². The number of H-pyrrole nitrogens is 1. The van der Waals surface area contributed by atoms with Gasteiger partial charge in [0.1, 0.15) is 12.4 Å². The Morgan fingerprint density at radius 3 is 2.32 bits per heavy atom. The summed E-state index contributed by atoms with van der Waals surface area (Å²) >= 11 is 0. The van der Waals surface area contributed by atoms with Gasteiger partial charge in [0, 0.05) is 85.6 Å². The van der Waals surface area contributed by atoms with E-state index >= 15 is 0 Å². The van der Waals surface area contributed by atoms with E-state index in [1.165, 1.54) is 18.0 Å². The lowest BCUT2D eigenvalue weighted by Crippen LogP contribution is -2.35. The van der Waals surface area contributed by atoms with Crippen molar-refractivity contribution in [1.82, 2.24) is 35.2 Å². The lowest BCUT2D eigenvalue weighted by molar-refractivity contribution is -0.191. The molecule has 0 aliphatic carbocycles. The molecule has 1 aromatic carbocycles. The molecule has 1 fully saturated rings. The SMILES string of the molecule is O=C=O.[3HH].[3H][3H].[3H][3H].[3H][3H].[C-]#[N+]CCOP(OC1C[C@@H](CC(=O)NCCOCCOCCCC(=O)CC[C@@H](C)NC(=O)c2ccc(N(Cc3cnc4nc(NCC(C)C)[nH]c(=O)c4n3)C(C)=O)cc2)O[C@@H]1CC)N(C(C)C)C(C)C. The average molecular weight is 1060 g/mol. The molecular formula is C50H83N10O12P. The number of amides is 3. The quantitative estimate of drug-likeness (QED) is 0.0286. The molecule has 5 atom stereocenters. The molecule has 2 unspecified atom stereocenters. The topological polar surface area (TPSA) is 267 Å². The van der Waals surface area contributed by atoms with E-state index in [1.807, 2.05) is 27.7 Å². The lowest BCUT2D eigenvalue weighted by Gasteiger charge is -2.37. The Bertz CT molecular complexity index is 2350. The van der Waals surface area contributed by atoms with Crippen LogP contribution in [0.5, 0.6) is 0 Å². The first-order valence-electron chi connectivity index (χ1n) is 27.9. The second-order valence-corrected chi connectivity index (χ2v) is 19.8. The monoisotopic (exact) mass is 1060 g/mol. The first kappa shape index (κ1) is 56.7. The Balaban J connectivity index is 0. The van der Waals surface area contributed by atoms with Crippen LogP contribution in [-0.2, 0) is 53.8 Å². The van der Waals surface area contributed by atoms with Crippen LogP contribution in [-0.4, -0.2) is 143 Å². The minimum Gasteiger partial charge on any atom is -0.379 e. The number of anilines is 2. The van der Waals surface area contributed by atoms with Gasteiger partial charge in [-0.05, 0) is 84.1 Å². The molecule has 0 saturated carbocycles. The van der Waals surface area contributed by atoms with Gasteiger partial charge in [0.05, 0.1) is 63.0 Å². The summed E-state index contributed by atoms with van der Waals surface area (Å²) < 4.78 is 62.3. The third kappa shape index (κ3) is 22.2. The van der Waals surface area contributed by atoms with Gasteiger partial charge in [-0.1, -0.05) is 20.8 Å². The summed E-state index contributed by atoms with van der Waals surface area (Å²) in [7, 11) is -1.41. The predicted octanol–water partition coefficient (Wildman–Crippen LogP) is 6.76. The zero-order chi connectivity index (χ0) is 59.9. The second kappa shape index (κ2) is 33.2. The van der Waals surface area contributed by atoms with E-state index in [4.69, 9.17) is 48.3 Å². The first-order valence-corrected chi connectivity index (χ1v) is 26.0. The Hall–Kier alpha value is -5.62. The molecule has 73 heavy (non-hydrogen) atoms. The highest BCUT2D eigenvalue weighted by atomic mass is 31.2. The first-order chi connectivity index (χ1) is 37.9. The van der Waals surface area contributed by atoms with Crippen molar-refractivity contribution < 1.29 is 62.4 Å². The largest absolute Gasteiger partial charge is 0.379 e. The molecule has 4 N–H and O–H groups in total. The van der Waals surface area contributed by atoms with Crippen LogP contribution in [0.4, 0.5) is 11.6 Å². The van der Waals surface area contributed by atoms with E-state index in [-0.39, 0.29) is 98.2 Å². The normalized spacial score (nSPS) is 16.5. The third-order valence-corrected chi connectivity index (χ3v) is 13.3. The van der Waals surface area contributed by atoms with E-state index in [1.54, 1.807) is 24.3 Å².